The van der Waals surface area contributed by atoms with Crippen molar-refractivity contribution < 1.29 is 9.18 Å². The molecule has 0 bridgehead atoms. The molecule has 0 spiro atoms. The highest BCUT2D eigenvalue weighted by atomic mass is 19.1. The molecule has 0 radical (unpaired) electrons. The Morgan fingerprint density at radius 1 is 1.08 bits per heavy atom. The fourth-order valence-electron chi connectivity index (χ4n) is 3.43. The van der Waals surface area contributed by atoms with Gasteiger partial charge < -0.3 is 0 Å². The summed E-state index contributed by atoms with van der Waals surface area (Å²) in [4.78, 5) is 17.6. The molecule has 0 aliphatic heterocycles. The van der Waals surface area contributed by atoms with E-state index in [-0.39, 0.29) is 11.7 Å². The van der Waals surface area contributed by atoms with Gasteiger partial charge in [-0.2, -0.15) is 5.10 Å². The summed E-state index contributed by atoms with van der Waals surface area (Å²) >= 11 is 0. The zero-order chi connectivity index (χ0) is 17.9. The number of aryl methyl sites for hydroxylation is 1. The van der Waals surface area contributed by atoms with E-state index in [4.69, 9.17) is 4.98 Å². The molecule has 1 aliphatic carbocycles. The van der Waals surface area contributed by atoms with Crippen LogP contribution in [0.2, 0.25) is 0 Å². The number of rotatable bonds is 3. The average Bonchev–Trinajstić information content (AvgIpc) is 2.67. The van der Waals surface area contributed by atoms with Crippen LogP contribution in [0.3, 0.4) is 0 Å². The van der Waals surface area contributed by atoms with E-state index in [0.29, 0.717) is 11.1 Å². The van der Waals surface area contributed by atoms with Crippen molar-refractivity contribution in [2.45, 2.75) is 25.7 Å². The Balaban J connectivity index is 1.69. The molecule has 5 heteroatoms. The van der Waals surface area contributed by atoms with Gasteiger partial charge in [-0.15, -0.1) is 0 Å². The maximum absolute atomic E-state index is 13.7. The zero-order valence-corrected chi connectivity index (χ0v) is 14.2. The van der Waals surface area contributed by atoms with Crippen LogP contribution >= 0.6 is 0 Å². The number of carbonyl (C=O) groups is 1. The van der Waals surface area contributed by atoms with Crippen molar-refractivity contribution in [2.75, 3.05) is 0 Å². The normalized spacial score (nSPS) is 13.7. The maximum Gasteiger partial charge on any atom is 0.272 e. The third kappa shape index (κ3) is 3.08. The Labute approximate surface area is 150 Å². The number of pyridine rings is 1. The summed E-state index contributed by atoms with van der Waals surface area (Å²) in [6, 6.07) is 13.9. The van der Waals surface area contributed by atoms with Gasteiger partial charge in [0.05, 0.1) is 17.3 Å². The second-order valence-electron chi connectivity index (χ2n) is 6.36. The lowest BCUT2D eigenvalue weighted by atomic mass is 9.89. The summed E-state index contributed by atoms with van der Waals surface area (Å²) in [5, 5.41) is 4.78. The van der Waals surface area contributed by atoms with Gasteiger partial charge in [-0.3, -0.25) is 9.78 Å². The summed E-state index contributed by atoms with van der Waals surface area (Å²) < 4.78 is 13.7. The molecule has 0 atom stereocenters. The SMILES string of the molecule is O=C(N/N=C/c1ccccc1F)c1c2c(nc3ccccc13)CCCC2. The predicted octanol–water partition coefficient (Wildman–Crippen LogP) is 4.02. The molecule has 4 rings (SSSR count). The van der Waals surface area contributed by atoms with E-state index in [2.05, 4.69) is 10.5 Å². The largest absolute Gasteiger partial charge is 0.272 e. The smallest absolute Gasteiger partial charge is 0.267 e. The predicted molar refractivity (Wildman–Crippen MR) is 99.8 cm³/mol. The molecule has 4 nitrogen and oxygen atoms in total. The number of fused-ring (bicyclic) bond motifs is 2. The number of hydrogen-bond donors (Lipinski definition) is 1. The highest BCUT2D eigenvalue weighted by Crippen LogP contribution is 2.29. The molecule has 0 saturated carbocycles. The molecule has 0 fully saturated rings. The molecule has 1 heterocycles. The minimum atomic E-state index is -0.378. The van der Waals surface area contributed by atoms with E-state index in [9.17, 15) is 9.18 Å². The van der Waals surface area contributed by atoms with Crippen molar-refractivity contribution in [2.24, 2.45) is 5.10 Å². The van der Waals surface area contributed by atoms with E-state index in [1.807, 2.05) is 24.3 Å². The number of nitrogens with one attached hydrogen (secondary N) is 1. The van der Waals surface area contributed by atoms with Crippen LogP contribution in [0.1, 0.15) is 40.0 Å². The van der Waals surface area contributed by atoms with Crippen LogP contribution in [-0.4, -0.2) is 17.1 Å². The van der Waals surface area contributed by atoms with Crippen LogP contribution < -0.4 is 5.43 Å². The molecule has 130 valence electrons. The Hall–Kier alpha value is -3.08. The third-order valence-corrected chi connectivity index (χ3v) is 4.67. The fourth-order valence-corrected chi connectivity index (χ4v) is 3.43. The Kier molecular flexibility index (Phi) is 4.44. The van der Waals surface area contributed by atoms with Crippen LogP contribution in [0, 0.1) is 5.82 Å². The van der Waals surface area contributed by atoms with E-state index in [1.165, 1.54) is 12.3 Å². The summed E-state index contributed by atoms with van der Waals surface area (Å²) in [5.74, 6) is -0.661. The second kappa shape index (κ2) is 7.04. The Morgan fingerprint density at radius 2 is 1.85 bits per heavy atom. The standard InChI is InChI=1S/C21H18FN3O/c22-17-10-4-1-7-14(17)13-23-25-21(26)20-15-8-2-5-11-18(15)24-19-12-6-3-9-16(19)20/h1-2,4-5,7-8,10-11,13H,3,6,9,12H2,(H,25,26)/b23-13+. The third-order valence-electron chi connectivity index (χ3n) is 4.67. The van der Waals surface area contributed by atoms with Crippen LogP contribution in [0.25, 0.3) is 10.9 Å². The van der Waals surface area contributed by atoms with Crippen molar-refractivity contribution in [1.82, 2.24) is 10.4 Å². The van der Waals surface area contributed by atoms with Crippen molar-refractivity contribution in [3.8, 4) is 0 Å². The molecular weight excluding hydrogens is 329 g/mol. The van der Waals surface area contributed by atoms with Crippen molar-refractivity contribution in [1.29, 1.82) is 0 Å². The van der Waals surface area contributed by atoms with Crippen molar-refractivity contribution >= 4 is 23.0 Å². The molecule has 26 heavy (non-hydrogen) atoms. The number of para-hydroxylation sites is 1. The maximum atomic E-state index is 13.7. The van der Waals surface area contributed by atoms with Crippen LogP contribution in [0.15, 0.2) is 53.6 Å². The quantitative estimate of drug-likeness (QED) is 0.575. The number of amides is 1. The fraction of sp³-hybridized carbons (Fsp3) is 0.190. The number of aromatic nitrogens is 1. The van der Waals surface area contributed by atoms with Crippen molar-refractivity contribution in [3.63, 3.8) is 0 Å². The summed E-state index contributed by atoms with van der Waals surface area (Å²) in [7, 11) is 0. The lowest BCUT2D eigenvalue weighted by Gasteiger charge is -2.19. The van der Waals surface area contributed by atoms with E-state index in [1.54, 1.807) is 18.2 Å². The van der Waals surface area contributed by atoms with E-state index in [0.717, 1.165) is 47.8 Å². The molecule has 1 aromatic heterocycles. The Morgan fingerprint density at radius 3 is 2.73 bits per heavy atom. The summed E-state index contributed by atoms with van der Waals surface area (Å²) in [6.45, 7) is 0. The molecule has 0 saturated heterocycles. The molecule has 2 aromatic carbocycles. The highest BCUT2D eigenvalue weighted by Gasteiger charge is 2.22. The first-order valence-electron chi connectivity index (χ1n) is 8.72. The average molecular weight is 347 g/mol. The first kappa shape index (κ1) is 16.4. The van der Waals surface area contributed by atoms with Crippen molar-refractivity contribution in [3.05, 3.63) is 76.7 Å². The highest BCUT2D eigenvalue weighted by molar-refractivity contribution is 6.07. The summed E-state index contributed by atoms with van der Waals surface area (Å²) in [6.07, 6.45) is 5.19. The molecule has 1 aliphatic rings. The zero-order valence-electron chi connectivity index (χ0n) is 14.2. The first-order valence-corrected chi connectivity index (χ1v) is 8.72. The van der Waals surface area contributed by atoms with Gasteiger partial charge in [-0.25, -0.2) is 9.82 Å². The number of halogens is 1. The number of hydrogen-bond acceptors (Lipinski definition) is 3. The van der Waals surface area contributed by atoms with Gasteiger partial charge in [0.1, 0.15) is 5.82 Å². The summed E-state index contributed by atoms with van der Waals surface area (Å²) in [5.41, 5.74) is 6.34. The molecule has 3 aromatic rings. The van der Waals surface area contributed by atoms with Gasteiger partial charge in [-0.1, -0.05) is 36.4 Å². The van der Waals surface area contributed by atoms with Gasteiger partial charge in [0.15, 0.2) is 0 Å². The number of hydrazone groups is 1. The molecule has 1 N–H and O–H groups in total. The number of benzene rings is 2. The topological polar surface area (TPSA) is 54.4 Å². The van der Waals surface area contributed by atoms with Gasteiger partial charge in [0.25, 0.3) is 5.91 Å². The monoisotopic (exact) mass is 347 g/mol. The number of carbonyl (C=O) groups excluding carboxylic acids is 1. The molecule has 0 unspecified atom stereocenters. The van der Waals surface area contributed by atoms with Crippen LogP contribution in [0.5, 0.6) is 0 Å². The van der Waals surface area contributed by atoms with Gasteiger partial charge >= 0.3 is 0 Å². The Bertz CT molecular complexity index is 1010. The molecule has 1 amide bonds. The first-order chi connectivity index (χ1) is 12.7. The van der Waals surface area contributed by atoms with Crippen LogP contribution in [0.4, 0.5) is 4.39 Å². The lowest BCUT2D eigenvalue weighted by molar-refractivity contribution is 0.0955. The van der Waals surface area contributed by atoms with Gasteiger partial charge in [-0.05, 0) is 43.4 Å². The minimum absolute atomic E-state index is 0.283. The van der Waals surface area contributed by atoms with Gasteiger partial charge in [0.2, 0.25) is 0 Å². The molecular formula is C21H18FN3O. The van der Waals surface area contributed by atoms with E-state index < -0.39 is 0 Å². The van der Waals surface area contributed by atoms with E-state index >= 15 is 0 Å². The minimum Gasteiger partial charge on any atom is -0.267 e. The lowest BCUT2D eigenvalue weighted by Crippen LogP contribution is -2.22. The van der Waals surface area contributed by atoms with Crippen LogP contribution in [-0.2, 0) is 12.8 Å². The number of nitrogens with zero attached hydrogens (tertiary/aromatic N) is 2. The second-order valence-corrected chi connectivity index (χ2v) is 6.36. The van der Waals surface area contributed by atoms with Gasteiger partial charge in [0, 0.05) is 16.6 Å².